The quantitative estimate of drug-likeness (QED) is 0.847. The van der Waals surface area contributed by atoms with Crippen LogP contribution < -0.4 is 5.32 Å². The van der Waals surface area contributed by atoms with Gasteiger partial charge in [-0.25, -0.2) is 0 Å². The molecule has 2 aliphatic carbocycles. The summed E-state index contributed by atoms with van der Waals surface area (Å²) in [4.78, 5) is 12.4. The number of rotatable bonds is 3. The molecule has 1 fully saturated rings. The molecule has 1 aromatic heterocycles. The van der Waals surface area contributed by atoms with Gasteiger partial charge in [0.2, 0.25) is 5.91 Å². The maximum Gasteiger partial charge on any atom is 0.229 e. The zero-order valence-electron chi connectivity index (χ0n) is 11.8. The number of anilines is 1. The van der Waals surface area contributed by atoms with Gasteiger partial charge in [0.1, 0.15) is 5.82 Å². The molecule has 0 aromatic carbocycles. The minimum Gasteiger partial charge on any atom is -0.310 e. The van der Waals surface area contributed by atoms with Crippen LogP contribution in [-0.4, -0.2) is 15.7 Å². The molecule has 1 heterocycles. The summed E-state index contributed by atoms with van der Waals surface area (Å²) in [6, 6.07) is 0. The number of amides is 1. The maximum absolute atomic E-state index is 12.4. The van der Waals surface area contributed by atoms with Crippen LogP contribution in [0.5, 0.6) is 0 Å². The zero-order chi connectivity index (χ0) is 13.6. The second-order valence-corrected chi connectivity index (χ2v) is 5.77. The Hall–Kier alpha value is -1.58. The number of nitrogens with zero attached hydrogens (tertiary/aromatic N) is 2. The third-order valence-corrected chi connectivity index (χ3v) is 4.56. The second-order valence-electron chi connectivity index (χ2n) is 5.77. The van der Waals surface area contributed by atoms with E-state index in [1.165, 1.54) is 0 Å². The van der Waals surface area contributed by atoms with Crippen LogP contribution >= 0.6 is 0 Å². The van der Waals surface area contributed by atoms with Crippen LogP contribution in [0, 0.1) is 24.7 Å². The molecule has 1 amide bonds. The molecule has 0 aliphatic heterocycles. The monoisotopic (exact) mass is 259 g/mol. The van der Waals surface area contributed by atoms with Gasteiger partial charge in [-0.2, -0.15) is 5.10 Å². The van der Waals surface area contributed by atoms with Crippen molar-refractivity contribution >= 4 is 11.7 Å². The molecule has 2 aliphatic rings. The Labute approximate surface area is 113 Å². The molecule has 1 saturated carbocycles. The lowest BCUT2D eigenvalue weighted by Crippen LogP contribution is -2.27. The molecule has 0 radical (unpaired) electrons. The van der Waals surface area contributed by atoms with Gasteiger partial charge < -0.3 is 5.32 Å². The van der Waals surface area contributed by atoms with E-state index in [-0.39, 0.29) is 11.8 Å². The zero-order valence-corrected chi connectivity index (χ0v) is 11.8. The number of aromatic nitrogens is 2. The third kappa shape index (κ3) is 1.99. The largest absolute Gasteiger partial charge is 0.310 e. The number of aryl methyl sites for hydroxylation is 2. The second kappa shape index (κ2) is 4.51. The van der Waals surface area contributed by atoms with Crippen LogP contribution in [0.25, 0.3) is 0 Å². The van der Waals surface area contributed by atoms with Gasteiger partial charge in [0.15, 0.2) is 0 Å². The number of carbonyl (C=O) groups is 1. The summed E-state index contributed by atoms with van der Waals surface area (Å²) in [6.07, 6.45) is 7.54. The Kier molecular flexibility index (Phi) is 2.96. The molecule has 102 valence electrons. The van der Waals surface area contributed by atoms with Gasteiger partial charge in [-0.1, -0.05) is 19.1 Å². The Morgan fingerprint density at radius 3 is 2.84 bits per heavy atom. The van der Waals surface area contributed by atoms with E-state index in [1.54, 1.807) is 4.68 Å². The van der Waals surface area contributed by atoms with Gasteiger partial charge in [0.25, 0.3) is 0 Å². The Morgan fingerprint density at radius 1 is 1.47 bits per heavy atom. The fourth-order valence-electron chi connectivity index (χ4n) is 3.57. The minimum atomic E-state index is 0.148. The van der Waals surface area contributed by atoms with Crippen LogP contribution in [0.15, 0.2) is 12.2 Å². The highest BCUT2D eigenvalue weighted by molar-refractivity contribution is 5.93. The molecule has 3 rings (SSSR count). The number of allylic oxidation sites excluding steroid dienone is 2. The first kappa shape index (κ1) is 12.5. The number of fused-ring (bicyclic) bond motifs is 2. The molecular formula is C15H21N3O. The molecule has 1 N–H and O–H groups in total. The average Bonchev–Trinajstić information content (AvgIpc) is 3.05. The highest BCUT2D eigenvalue weighted by atomic mass is 16.2. The van der Waals surface area contributed by atoms with Crippen molar-refractivity contribution in [3.8, 4) is 0 Å². The highest BCUT2D eigenvalue weighted by Gasteiger charge is 2.40. The van der Waals surface area contributed by atoms with Crippen molar-refractivity contribution in [3.63, 3.8) is 0 Å². The molecule has 4 heteroatoms. The van der Waals surface area contributed by atoms with Crippen LogP contribution in [0.1, 0.15) is 31.0 Å². The van der Waals surface area contributed by atoms with Crippen molar-refractivity contribution < 1.29 is 4.79 Å². The van der Waals surface area contributed by atoms with Gasteiger partial charge in [-0.15, -0.1) is 0 Å². The van der Waals surface area contributed by atoms with E-state index >= 15 is 0 Å². The highest BCUT2D eigenvalue weighted by Crippen LogP contribution is 2.43. The standard InChI is InChI=1S/C15H21N3O/c1-4-12-9(2)17-18(3)14(12)16-15(19)13-8-10-5-6-11(13)7-10/h5-6,10-11,13H,4,7-8H2,1-3H3,(H,16,19)/t10-,11+,13-/m1/s1. The van der Waals surface area contributed by atoms with E-state index in [4.69, 9.17) is 0 Å². The molecule has 3 atom stereocenters. The SMILES string of the molecule is CCc1c(C)nn(C)c1NC(=O)[C@@H]1C[C@@H]2C=C[C@H]1C2. The van der Waals surface area contributed by atoms with E-state index in [0.29, 0.717) is 11.8 Å². The van der Waals surface area contributed by atoms with Gasteiger partial charge in [-0.05, 0) is 38.0 Å². The third-order valence-electron chi connectivity index (χ3n) is 4.56. The number of nitrogens with one attached hydrogen (secondary N) is 1. The van der Waals surface area contributed by atoms with Crippen LogP contribution in [0.3, 0.4) is 0 Å². The van der Waals surface area contributed by atoms with Crippen molar-refractivity contribution in [1.82, 2.24) is 9.78 Å². The lowest BCUT2D eigenvalue weighted by Gasteiger charge is -2.18. The Morgan fingerprint density at radius 2 is 2.26 bits per heavy atom. The summed E-state index contributed by atoms with van der Waals surface area (Å²) in [5, 5.41) is 7.50. The minimum absolute atomic E-state index is 0.148. The summed E-state index contributed by atoms with van der Waals surface area (Å²) >= 11 is 0. The van der Waals surface area contributed by atoms with Crippen molar-refractivity contribution in [2.75, 3.05) is 5.32 Å². The number of hydrogen-bond donors (Lipinski definition) is 1. The molecule has 0 unspecified atom stereocenters. The molecular weight excluding hydrogens is 238 g/mol. The lowest BCUT2D eigenvalue weighted by molar-refractivity contribution is -0.120. The van der Waals surface area contributed by atoms with E-state index in [2.05, 4.69) is 29.5 Å². The topological polar surface area (TPSA) is 46.9 Å². The van der Waals surface area contributed by atoms with Crippen molar-refractivity contribution in [2.45, 2.75) is 33.1 Å². The van der Waals surface area contributed by atoms with Gasteiger partial charge >= 0.3 is 0 Å². The first-order valence-electron chi connectivity index (χ1n) is 7.11. The molecule has 0 saturated heterocycles. The van der Waals surface area contributed by atoms with E-state index in [1.807, 2.05) is 14.0 Å². The van der Waals surface area contributed by atoms with Gasteiger partial charge in [0.05, 0.1) is 5.69 Å². The maximum atomic E-state index is 12.4. The smallest absolute Gasteiger partial charge is 0.229 e. The van der Waals surface area contributed by atoms with E-state index in [0.717, 1.165) is 36.3 Å². The average molecular weight is 259 g/mol. The fraction of sp³-hybridized carbons (Fsp3) is 0.600. The van der Waals surface area contributed by atoms with Crippen molar-refractivity contribution in [2.24, 2.45) is 24.8 Å². The number of hydrogen-bond acceptors (Lipinski definition) is 2. The molecule has 0 spiro atoms. The van der Waals surface area contributed by atoms with Crippen molar-refractivity contribution in [1.29, 1.82) is 0 Å². The molecule has 19 heavy (non-hydrogen) atoms. The van der Waals surface area contributed by atoms with Gasteiger partial charge in [-0.3, -0.25) is 9.48 Å². The predicted molar refractivity (Wildman–Crippen MR) is 74.8 cm³/mol. The Balaban J connectivity index is 1.78. The summed E-state index contributed by atoms with van der Waals surface area (Å²) < 4.78 is 1.79. The lowest BCUT2D eigenvalue weighted by atomic mass is 9.93. The van der Waals surface area contributed by atoms with Gasteiger partial charge in [0, 0.05) is 18.5 Å². The summed E-state index contributed by atoms with van der Waals surface area (Å²) in [6.45, 7) is 4.09. The van der Waals surface area contributed by atoms with E-state index < -0.39 is 0 Å². The summed E-state index contributed by atoms with van der Waals surface area (Å²) in [7, 11) is 1.89. The first-order valence-corrected chi connectivity index (χ1v) is 7.11. The van der Waals surface area contributed by atoms with E-state index in [9.17, 15) is 4.79 Å². The van der Waals surface area contributed by atoms with Crippen LogP contribution in [0.2, 0.25) is 0 Å². The van der Waals surface area contributed by atoms with Crippen LogP contribution in [0.4, 0.5) is 5.82 Å². The normalized spacial score (nSPS) is 28.1. The Bertz CT molecular complexity index is 544. The molecule has 1 aromatic rings. The predicted octanol–water partition coefficient (Wildman–Crippen LogP) is 2.44. The van der Waals surface area contributed by atoms with Crippen molar-refractivity contribution in [3.05, 3.63) is 23.4 Å². The summed E-state index contributed by atoms with van der Waals surface area (Å²) in [5.74, 6) is 2.25. The van der Waals surface area contributed by atoms with Crippen LogP contribution in [-0.2, 0) is 18.3 Å². The number of carbonyl (C=O) groups excluding carboxylic acids is 1. The fourth-order valence-corrected chi connectivity index (χ4v) is 3.57. The summed E-state index contributed by atoms with van der Waals surface area (Å²) in [5.41, 5.74) is 2.16. The molecule has 4 nitrogen and oxygen atoms in total. The first-order chi connectivity index (χ1) is 9.10. The molecule has 2 bridgehead atoms.